The van der Waals surface area contributed by atoms with Gasteiger partial charge in [0.2, 0.25) is 0 Å². The molecule has 0 rings (SSSR count). The van der Waals surface area contributed by atoms with Crippen LogP contribution in [0, 0.1) is 0 Å². The predicted molar refractivity (Wildman–Crippen MR) is 21.7 cm³/mol. The summed E-state index contributed by atoms with van der Waals surface area (Å²) < 4.78 is 0. The normalized spacial score (nSPS) is 0. The van der Waals surface area contributed by atoms with Gasteiger partial charge in [0.1, 0.15) is 0 Å². The van der Waals surface area contributed by atoms with Crippen molar-refractivity contribution in [3.8, 4) is 0 Å². The number of rotatable bonds is 0. The van der Waals surface area contributed by atoms with E-state index >= 15 is 0 Å². The fraction of sp³-hybridized carbons (Fsp3) is 0. The molecule has 0 fully saturated rings. The van der Waals surface area contributed by atoms with Crippen LogP contribution in [-0.2, 0) is 0 Å². The Kier molecular flexibility index (Phi) is 211. The van der Waals surface area contributed by atoms with Gasteiger partial charge in [-0.25, -0.2) is 0 Å². The van der Waals surface area contributed by atoms with E-state index in [4.69, 9.17) is 0 Å². The van der Waals surface area contributed by atoms with Gasteiger partial charge in [0, 0.05) is 0 Å². The minimum absolute atomic E-state index is 0. The van der Waals surface area contributed by atoms with Gasteiger partial charge in [-0.1, -0.05) is 0 Å². The predicted octanol–water partition coefficient (Wildman–Crippen LogP) is -6.68. The zero-order chi connectivity index (χ0) is 0. The minimum Gasteiger partial charge on any atom is -1.00 e. The van der Waals surface area contributed by atoms with E-state index in [2.05, 4.69) is 0 Å². The topological polar surface area (TPSA) is 0 Å². The average Bonchev–Trinajstić information content (AvgIpc) is 0. The Bertz CT molecular complexity index is 16.5. The van der Waals surface area contributed by atoms with E-state index in [9.17, 15) is 0 Å². The average molecular weight is 164 g/mol. The first-order chi connectivity index (χ1) is 0. The smallest absolute Gasteiger partial charge is 1.00 e. The van der Waals surface area contributed by atoms with E-state index in [1.165, 1.54) is 0 Å². The molecule has 5 heteroatoms. The summed E-state index contributed by atoms with van der Waals surface area (Å²) in [5.41, 5.74) is 0. The van der Waals surface area contributed by atoms with Gasteiger partial charge in [0.25, 0.3) is 0 Å². The second-order valence-corrected chi connectivity index (χ2v) is 0. The third-order valence-corrected chi connectivity index (χ3v) is 0. The Balaban J connectivity index is 0. The molecule has 24 valence electrons. The summed E-state index contributed by atoms with van der Waals surface area (Å²) in [4.78, 5) is 0. The van der Waals surface area contributed by atoms with Crippen LogP contribution in [0.4, 0.5) is 0 Å². The zero-order valence-electron chi connectivity index (χ0n) is 6.88. The molecule has 0 aromatic rings. The molecule has 0 aliphatic carbocycles. The largest absolute Gasteiger partial charge is 2.00 e. The maximum atomic E-state index is 0. The van der Waals surface area contributed by atoms with Crippen molar-refractivity contribution in [2.24, 2.45) is 0 Å². The van der Waals surface area contributed by atoms with Gasteiger partial charge in [-0.2, -0.15) is 0 Å². The molecule has 0 nitrogen and oxygen atoms in total. The van der Waals surface area contributed by atoms with E-state index in [0.29, 0.717) is 0 Å². The fourth-order valence-corrected chi connectivity index (χ4v) is 0. The summed E-state index contributed by atoms with van der Waals surface area (Å²) in [5, 5.41) is 0. The van der Waals surface area contributed by atoms with Crippen molar-refractivity contribution in [1.29, 1.82) is 0 Å². The van der Waals surface area contributed by atoms with Crippen LogP contribution in [0.5, 0.6) is 0 Å². The van der Waals surface area contributed by atoms with Crippen LogP contribution in [-0.4, -0.2) is 83.8 Å². The Morgan fingerprint density at radius 2 is 0.800 bits per heavy atom. The van der Waals surface area contributed by atoms with E-state index in [-0.39, 0.29) is 114 Å². The Morgan fingerprint density at radius 1 is 0.800 bits per heavy atom. The van der Waals surface area contributed by atoms with Gasteiger partial charge >= 0.3 is 83.8 Å². The summed E-state index contributed by atoms with van der Waals surface area (Å²) in [6.07, 6.45) is 0. The molecule has 0 aromatic heterocycles. The van der Waals surface area contributed by atoms with E-state index in [1.807, 2.05) is 0 Å². The molecular formula is H4CaCl2Mg2. The first-order valence-corrected chi connectivity index (χ1v) is 0. The first kappa shape index (κ1) is 40.0. The van der Waals surface area contributed by atoms with Crippen LogP contribution in [0.3, 0.4) is 0 Å². The van der Waals surface area contributed by atoms with E-state index < -0.39 is 0 Å². The Hall–Kier alpha value is 3.37. The number of hydrogen-bond donors (Lipinski definition) is 0. The van der Waals surface area contributed by atoms with Gasteiger partial charge in [-0.05, 0) is 0 Å². The Labute approximate surface area is 112 Å². The second kappa shape index (κ2) is 26.3. The standard InChI is InChI=1S/Ca.2ClH.2Mg.4H/h;2*1H;;;;;;/q+2;;;2*+2;4*-1/p-2. The van der Waals surface area contributed by atoms with E-state index in [1.54, 1.807) is 0 Å². The fourth-order valence-electron chi connectivity index (χ4n) is 0. The molecule has 0 amide bonds. The van der Waals surface area contributed by atoms with Crippen LogP contribution < -0.4 is 24.8 Å². The van der Waals surface area contributed by atoms with Crippen LogP contribution in [0.25, 0.3) is 0 Å². The van der Waals surface area contributed by atoms with Crippen molar-refractivity contribution in [3.05, 3.63) is 0 Å². The molecule has 0 N–H and O–H groups in total. The van der Waals surface area contributed by atoms with Crippen LogP contribution in [0.2, 0.25) is 0 Å². The molecule has 0 spiro atoms. The maximum absolute atomic E-state index is 0. The monoisotopic (exact) mass is 162 g/mol. The molecule has 0 unspecified atom stereocenters. The van der Waals surface area contributed by atoms with Crippen LogP contribution in [0.15, 0.2) is 0 Å². The van der Waals surface area contributed by atoms with Crippen molar-refractivity contribution in [3.63, 3.8) is 0 Å². The summed E-state index contributed by atoms with van der Waals surface area (Å²) in [6.45, 7) is 0. The second-order valence-electron chi connectivity index (χ2n) is 0. The van der Waals surface area contributed by atoms with Crippen LogP contribution in [0.1, 0.15) is 5.71 Å². The zero-order valence-corrected chi connectivity index (χ0v) is 9.43. The van der Waals surface area contributed by atoms with Crippen LogP contribution >= 0.6 is 0 Å². The molecule has 5 heavy (non-hydrogen) atoms. The molecule has 0 aromatic carbocycles. The van der Waals surface area contributed by atoms with Gasteiger partial charge in [-0.3, -0.25) is 0 Å². The van der Waals surface area contributed by atoms with Crippen molar-refractivity contribution in [2.45, 2.75) is 0 Å². The summed E-state index contributed by atoms with van der Waals surface area (Å²) >= 11 is 0. The van der Waals surface area contributed by atoms with Gasteiger partial charge < -0.3 is 30.5 Å². The molecular weight excluding hydrogens is 160 g/mol. The van der Waals surface area contributed by atoms with Crippen molar-refractivity contribution in [2.75, 3.05) is 0 Å². The molecule has 0 atom stereocenters. The summed E-state index contributed by atoms with van der Waals surface area (Å²) in [6, 6.07) is 0. The third kappa shape index (κ3) is 18.7. The van der Waals surface area contributed by atoms with Crippen molar-refractivity contribution in [1.82, 2.24) is 0 Å². The quantitative estimate of drug-likeness (QED) is 0.312. The van der Waals surface area contributed by atoms with E-state index in [0.717, 1.165) is 0 Å². The maximum Gasteiger partial charge on any atom is 2.00 e. The van der Waals surface area contributed by atoms with Gasteiger partial charge in [0.05, 0.1) is 0 Å². The number of halogens is 2. The molecule has 0 aliphatic heterocycles. The minimum atomic E-state index is 0. The molecule has 0 aliphatic rings. The molecule has 0 saturated heterocycles. The van der Waals surface area contributed by atoms with Gasteiger partial charge in [0.15, 0.2) is 0 Å². The van der Waals surface area contributed by atoms with Crippen molar-refractivity contribution >= 4 is 83.8 Å². The number of hydrogen-bond acceptors (Lipinski definition) is 0. The molecule has 0 heterocycles. The Morgan fingerprint density at radius 3 is 0.800 bits per heavy atom. The first-order valence-electron chi connectivity index (χ1n) is 0. The summed E-state index contributed by atoms with van der Waals surface area (Å²) in [7, 11) is 0. The molecule has 0 bridgehead atoms. The van der Waals surface area contributed by atoms with Gasteiger partial charge in [-0.15, -0.1) is 0 Å². The summed E-state index contributed by atoms with van der Waals surface area (Å²) in [5.74, 6) is 0. The van der Waals surface area contributed by atoms with Crippen molar-refractivity contribution < 1.29 is 30.5 Å². The SMILES string of the molecule is [Ca+2].[Cl-].[Cl-].[H-].[H-].[H-].[H-].[Mg+2].[Mg+2]. The third-order valence-electron chi connectivity index (χ3n) is 0. The molecule has 0 saturated carbocycles. The molecule has 0 radical (unpaired) electrons.